The topological polar surface area (TPSA) is 66.0 Å². The fourth-order valence-electron chi connectivity index (χ4n) is 4.04. The Morgan fingerprint density at radius 2 is 2.00 bits per heavy atom. The summed E-state index contributed by atoms with van der Waals surface area (Å²) in [5.41, 5.74) is 0. The van der Waals surface area contributed by atoms with Crippen LogP contribution in [0, 0.1) is 5.92 Å². The Labute approximate surface area is 185 Å². The number of guanidine groups is 1. The summed E-state index contributed by atoms with van der Waals surface area (Å²) in [4.78, 5) is 6.95. The van der Waals surface area contributed by atoms with Gasteiger partial charge in [-0.05, 0) is 25.2 Å². The molecule has 0 amide bonds. The van der Waals surface area contributed by atoms with Crippen LogP contribution in [0.15, 0.2) is 4.99 Å². The van der Waals surface area contributed by atoms with Crippen LogP contribution in [0.25, 0.3) is 0 Å². The van der Waals surface area contributed by atoms with Gasteiger partial charge in [0.15, 0.2) is 5.96 Å². The van der Waals surface area contributed by atoms with Gasteiger partial charge in [0.25, 0.3) is 0 Å². The lowest BCUT2D eigenvalue weighted by Gasteiger charge is -2.37. The fourth-order valence-corrected chi connectivity index (χ4v) is 5.38. The first-order chi connectivity index (χ1) is 12.5. The highest BCUT2D eigenvalue weighted by Gasteiger charge is 2.27. The molecule has 0 spiro atoms. The number of nitrogens with zero attached hydrogens (tertiary/aromatic N) is 2. The van der Waals surface area contributed by atoms with Crippen LogP contribution in [0.3, 0.4) is 0 Å². The number of aliphatic imine (C=N–C) groups is 1. The third kappa shape index (κ3) is 8.14. The van der Waals surface area contributed by atoms with E-state index < -0.39 is 10.8 Å². The third-order valence-electron chi connectivity index (χ3n) is 5.61. The molecular weight excluding hydrogens is 475 g/mol. The fraction of sp³-hybridized carbons (Fsp3) is 0.947. The molecule has 0 radical (unpaired) electrons. The molecule has 1 aliphatic carbocycles. The molecule has 1 saturated carbocycles. The number of rotatable bonds is 7. The predicted octanol–water partition coefficient (Wildman–Crippen LogP) is 2.21. The van der Waals surface area contributed by atoms with Gasteiger partial charge < -0.3 is 15.4 Å². The maximum Gasteiger partial charge on any atom is 0.191 e. The molecule has 2 rings (SSSR count). The van der Waals surface area contributed by atoms with Crippen LogP contribution in [0.4, 0.5) is 0 Å². The van der Waals surface area contributed by atoms with Crippen molar-refractivity contribution in [1.82, 2.24) is 15.5 Å². The Hall–Kier alpha value is 0.0700. The van der Waals surface area contributed by atoms with Crippen LogP contribution in [-0.4, -0.2) is 78.1 Å². The standard InChI is InChI=1S/C19H38N4O2S.HI/c1-5-26(24)17-8-6-7-16(13-17)22-19(20-4)21-14-18(15(2)3)23-9-11-25-12-10-23;/h15-18H,5-14H2,1-4H3,(H2,20,21,22);1H. The van der Waals surface area contributed by atoms with Crippen LogP contribution >= 0.6 is 24.0 Å². The van der Waals surface area contributed by atoms with Gasteiger partial charge in [0.1, 0.15) is 0 Å². The van der Waals surface area contributed by atoms with Gasteiger partial charge in [-0.25, -0.2) is 0 Å². The zero-order chi connectivity index (χ0) is 18.9. The molecule has 160 valence electrons. The highest BCUT2D eigenvalue weighted by molar-refractivity contribution is 14.0. The largest absolute Gasteiger partial charge is 0.379 e. The van der Waals surface area contributed by atoms with E-state index in [-0.39, 0.29) is 24.0 Å². The number of morpholine rings is 1. The highest BCUT2D eigenvalue weighted by atomic mass is 127. The summed E-state index contributed by atoms with van der Waals surface area (Å²) < 4.78 is 17.6. The zero-order valence-corrected chi connectivity index (χ0v) is 20.6. The normalized spacial score (nSPS) is 26.9. The molecule has 8 heteroatoms. The Morgan fingerprint density at radius 3 is 2.59 bits per heavy atom. The van der Waals surface area contributed by atoms with Crippen molar-refractivity contribution < 1.29 is 8.95 Å². The Kier molecular flexibility index (Phi) is 12.4. The third-order valence-corrected chi connectivity index (χ3v) is 7.35. The van der Waals surface area contributed by atoms with Crippen molar-refractivity contribution in [1.29, 1.82) is 0 Å². The van der Waals surface area contributed by atoms with Gasteiger partial charge in [0.05, 0.1) is 13.2 Å². The molecule has 4 unspecified atom stereocenters. The zero-order valence-electron chi connectivity index (χ0n) is 17.4. The molecule has 1 aliphatic heterocycles. The maximum atomic E-state index is 12.2. The van der Waals surface area contributed by atoms with Gasteiger partial charge in [-0.15, -0.1) is 24.0 Å². The molecule has 0 aromatic heterocycles. The van der Waals surface area contributed by atoms with E-state index in [1.165, 1.54) is 0 Å². The molecule has 4 atom stereocenters. The molecule has 1 saturated heterocycles. The van der Waals surface area contributed by atoms with E-state index in [1.807, 2.05) is 14.0 Å². The molecule has 6 nitrogen and oxygen atoms in total. The van der Waals surface area contributed by atoms with Gasteiger partial charge in [-0.1, -0.05) is 27.2 Å². The first kappa shape index (κ1) is 25.1. The lowest BCUT2D eigenvalue weighted by atomic mass is 9.95. The van der Waals surface area contributed by atoms with Gasteiger partial charge in [-0.2, -0.15) is 0 Å². The van der Waals surface area contributed by atoms with Crippen molar-refractivity contribution in [3.63, 3.8) is 0 Å². The summed E-state index contributed by atoms with van der Waals surface area (Å²) in [6.07, 6.45) is 4.36. The monoisotopic (exact) mass is 514 g/mol. The van der Waals surface area contributed by atoms with Crippen molar-refractivity contribution in [3.05, 3.63) is 0 Å². The number of nitrogens with one attached hydrogen (secondary N) is 2. The minimum Gasteiger partial charge on any atom is -0.379 e. The van der Waals surface area contributed by atoms with Crippen LogP contribution in [0.5, 0.6) is 0 Å². The second-order valence-electron chi connectivity index (χ2n) is 7.71. The SMILES string of the molecule is CCS(=O)C1CCCC(NC(=NC)NCC(C(C)C)N2CCOCC2)C1.I. The molecule has 2 fully saturated rings. The van der Waals surface area contributed by atoms with E-state index in [9.17, 15) is 4.21 Å². The van der Waals surface area contributed by atoms with Crippen molar-refractivity contribution >= 4 is 40.7 Å². The van der Waals surface area contributed by atoms with E-state index in [4.69, 9.17) is 4.74 Å². The second-order valence-corrected chi connectivity index (χ2v) is 9.72. The molecule has 27 heavy (non-hydrogen) atoms. The van der Waals surface area contributed by atoms with E-state index in [0.29, 0.717) is 23.3 Å². The minimum atomic E-state index is -0.690. The van der Waals surface area contributed by atoms with Gasteiger partial charge in [0.2, 0.25) is 0 Å². The highest BCUT2D eigenvalue weighted by Crippen LogP contribution is 2.23. The Balaban J connectivity index is 0.00000364. The lowest BCUT2D eigenvalue weighted by Crippen LogP contribution is -2.54. The average molecular weight is 515 g/mol. The van der Waals surface area contributed by atoms with Crippen molar-refractivity contribution in [3.8, 4) is 0 Å². The maximum absolute atomic E-state index is 12.2. The van der Waals surface area contributed by atoms with Gasteiger partial charge >= 0.3 is 0 Å². The molecule has 0 aromatic rings. The molecule has 1 heterocycles. The summed E-state index contributed by atoms with van der Waals surface area (Å²) in [6.45, 7) is 11.1. The summed E-state index contributed by atoms with van der Waals surface area (Å²) in [5.74, 6) is 2.21. The predicted molar refractivity (Wildman–Crippen MR) is 126 cm³/mol. The second kappa shape index (κ2) is 13.3. The number of hydrogen-bond acceptors (Lipinski definition) is 4. The molecule has 2 N–H and O–H groups in total. The lowest BCUT2D eigenvalue weighted by molar-refractivity contribution is 0.00751. The number of halogens is 1. The van der Waals surface area contributed by atoms with Crippen molar-refractivity contribution in [2.75, 3.05) is 45.6 Å². The first-order valence-corrected chi connectivity index (χ1v) is 11.6. The molecular formula is C19H39IN4O2S. The quantitative estimate of drug-likeness (QED) is 0.310. The van der Waals surface area contributed by atoms with Crippen molar-refractivity contribution in [2.24, 2.45) is 10.9 Å². The van der Waals surface area contributed by atoms with E-state index in [2.05, 4.69) is 34.4 Å². The number of ether oxygens (including phenoxy) is 1. The minimum absolute atomic E-state index is 0. The Bertz CT molecular complexity index is 473. The summed E-state index contributed by atoms with van der Waals surface area (Å²) in [7, 11) is 1.14. The van der Waals surface area contributed by atoms with E-state index >= 15 is 0 Å². The Morgan fingerprint density at radius 1 is 1.30 bits per heavy atom. The summed E-state index contributed by atoms with van der Waals surface area (Å²) in [6, 6.07) is 0.848. The first-order valence-electron chi connectivity index (χ1n) is 10.2. The van der Waals surface area contributed by atoms with E-state index in [1.54, 1.807) is 0 Å². The molecule has 0 bridgehead atoms. The van der Waals surface area contributed by atoms with Gasteiger partial charge in [-0.3, -0.25) is 14.1 Å². The molecule has 2 aliphatic rings. The smallest absolute Gasteiger partial charge is 0.191 e. The van der Waals surface area contributed by atoms with Crippen LogP contribution in [0.2, 0.25) is 0 Å². The molecule has 0 aromatic carbocycles. The van der Waals surface area contributed by atoms with E-state index in [0.717, 1.165) is 70.2 Å². The van der Waals surface area contributed by atoms with Crippen LogP contribution in [0.1, 0.15) is 46.5 Å². The van der Waals surface area contributed by atoms with Crippen molar-refractivity contribution in [2.45, 2.75) is 63.8 Å². The van der Waals surface area contributed by atoms with Crippen LogP contribution < -0.4 is 10.6 Å². The summed E-state index contributed by atoms with van der Waals surface area (Å²) in [5, 5.41) is 7.44. The van der Waals surface area contributed by atoms with Crippen LogP contribution in [-0.2, 0) is 15.5 Å². The summed E-state index contributed by atoms with van der Waals surface area (Å²) >= 11 is 0. The number of hydrogen-bond donors (Lipinski definition) is 2. The average Bonchev–Trinajstić information content (AvgIpc) is 2.67. The van der Waals surface area contributed by atoms with Gasteiger partial charge in [0, 0.05) is 60.6 Å².